The van der Waals surface area contributed by atoms with Gasteiger partial charge in [0.15, 0.2) is 0 Å². The van der Waals surface area contributed by atoms with Crippen LogP contribution in [-0.4, -0.2) is 50.5 Å². The van der Waals surface area contributed by atoms with Crippen molar-refractivity contribution in [2.24, 2.45) is 0 Å². The van der Waals surface area contributed by atoms with Crippen LogP contribution in [-0.2, 0) is 4.79 Å². The fourth-order valence-electron chi connectivity index (χ4n) is 2.98. The van der Waals surface area contributed by atoms with E-state index in [1.165, 1.54) is 25.3 Å². The summed E-state index contributed by atoms with van der Waals surface area (Å²) >= 11 is 5.97. The topological polar surface area (TPSA) is 61.9 Å². The normalized spacial score (nSPS) is 14.0. The molecule has 2 aromatic rings. The molecule has 1 heterocycles. The summed E-state index contributed by atoms with van der Waals surface area (Å²) < 4.78 is 19.3. The summed E-state index contributed by atoms with van der Waals surface area (Å²) in [5.74, 6) is -0.898. The molecule has 0 atom stereocenters. The zero-order chi connectivity index (χ0) is 19.4. The van der Waals surface area contributed by atoms with Crippen molar-refractivity contribution < 1.29 is 18.7 Å². The average Bonchev–Trinajstić information content (AvgIpc) is 2.68. The van der Waals surface area contributed by atoms with Gasteiger partial charge in [-0.05, 0) is 30.3 Å². The highest BCUT2D eigenvalue weighted by molar-refractivity contribution is 6.34. The predicted octanol–water partition coefficient (Wildman–Crippen LogP) is 3.02. The number of carbonyl (C=O) groups is 2. The van der Waals surface area contributed by atoms with Crippen LogP contribution in [0.5, 0.6) is 5.75 Å². The number of halogens is 2. The van der Waals surface area contributed by atoms with Crippen LogP contribution >= 0.6 is 11.6 Å². The summed E-state index contributed by atoms with van der Waals surface area (Å²) in [6, 6.07) is 9.46. The van der Waals surface area contributed by atoms with E-state index >= 15 is 0 Å². The first kappa shape index (κ1) is 19.0. The summed E-state index contributed by atoms with van der Waals surface area (Å²) in [6.07, 6.45) is 0.842. The van der Waals surface area contributed by atoms with Crippen molar-refractivity contribution in [3.8, 4) is 5.75 Å². The molecule has 0 unspecified atom stereocenters. The molecule has 2 aromatic carbocycles. The number of amides is 2. The van der Waals surface area contributed by atoms with E-state index in [1.54, 1.807) is 17.0 Å². The maximum Gasteiger partial charge on any atom is 0.260 e. The molecule has 142 valence electrons. The van der Waals surface area contributed by atoms with Crippen LogP contribution in [0.3, 0.4) is 0 Å². The lowest BCUT2D eigenvalue weighted by molar-refractivity contribution is -0.118. The van der Waals surface area contributed by atoms with Crippen molar-refractivity contribution in [2.75, 3.05) is 43.5 Å². The number of carbonyl (C=O) groups excluding carboxylic acids is 2. The summed E-state index contributed by atoms with van der Waals surface area (Å²) in [6.45, 7) is 2.61. The summed E-state index contributed by atoms with van der Waals surface area (Å²) in [5.41, 5.74) is 1.07. The number of anilines is 2. The van der Waals surface area contributed by atoms with Crippen LogP contribution in [0.25, 0.3) is 0 Å². The Morgan fingerprint density at radius 3 is 2.59 bits per heavy atom. The van der Waals surface area contributed by atoms with E-state index in [0.717, 1.165) is 12.1 Å². The molecule has 0 saturated carbocycles. The molecule has 3 rings (SSSR count). The molecule has 27 heavy (non-hydrogen) atoms. The van der Waals surface area contributed by atoms with Crippen molar-refractivity contribution in [3.63, 3.8) is 0 Å². The third kappa shape index (κ3) is 4.14. The van der Waals surface area contributed by atoms with Gasteiger partial charge in [0.2, 0.25) is 6.41 Å². The number of hydrogen-bond acceptors (Lipinski definition) is 4. The second kappa shape index (κ2) is 8.26. The van der Waals surface area contributed by atoms with Gasteiger partial charge in [-0.25, -0.2) is 4.39 Å². The molecule has 1 saturated heterocycles. The molecule has 1 fully saturated rings. The Hall–Kier alpha value is -2.80. The molecule has 1 N–H and O–H groups in total. The third-order valence-electron chi connectivity index (χ3n) is 4.45. The monoisotopic (exact) mass is 391 g/mol. The van der Waals surface area contributed by atoms with Gasteiger partial charge in [0.05, 0.1) is 23.4 Å². The predicted molar refractivity (Wildman–Crippen MR) is 102 cm³/mol. The fourth-order valence-corrected chi connectivity index (χ4v) is 3.22. The van der Waals surface area contributed by atoms with Crippen molar-refractivity contribution in [2.45, 2.75) is 0 Å². The van der Waals surface area contributed by atoms with Gasteiger partial charge in [-0.3, -0.25) is 9.59 Å². The number of nitrogens with zero attached hydrogens (tertiary/aromatic N) is 2. The summed E-state index contributed by atoms with van der Waals surface area (Å²) in [7, 11) is 1.49. The standard InChI is InChI=1S/C19H19ClFN3O3/c1-27-17-6-5-13(24-9-7-23(12-25)8-10-24)11-16(17)22-19(26)18-14(20)3-2-4-15(18)21/h2-6,11-12H,7-10H2,1H3,(H,22,26). The van der Waals surface area contributed by atoms with E-state index in [9.17, 15) is 14.0 Å². The molecule has 0 bridgehead atoms. The quantitative estimate of drug-likeness (QED) is 0.796. The minimum Gasteiger partial charge on any atom is -0.495 e. The lowest BCUT2D eigenvalue weighted by atomic mass is 10.1. The second-order valence-electron chi connectivity index (χ2n) is 6.06. The number of ether oxygens (including phenoxy) is 1. The van der Waals surface area contributed by atoms with Crippen molar-refractivity contribution in [1.29, 1.82) is 0 Å². The molecule has 2 amide bonds. The number of benzene rings is 2. The van der Waals surface area contributed by atoms with E-state index < -0.39 is 11.7 Å². The highest BCUT2D eigenvalue weighted by Crippen LogP contribution is 2.31. The van der Waals surface area contributed by atoms with Crippen LogP contribution in [0.4, 0.5) is 15.8 Å². The molecule has 0 radical (unpaired) electrons. The fraction of sp³-hybridized carbons (Fsp3) is 0.263. The van der Waals surface area contributed by atoms with E-state index in [-0.39, 0.29) is 10.6 Å². The lowest BCUT2D eigenvalue weighted by Crippen LogP contribution is -2.45. The summed E-state index contributed by atoms with van der Waals surface area (Å²) in [4.78, 5) is 27.2. The first-order chi connectivity index (χ1) is 13.0. The van der Waals surface area contributed by atoms with Gasteiger partial charge in [0, 0.05) is 31.9 Å². The van der Waals surface area contributed by atoms with Crippen LogP contribution in [0.15, 0.2) is 36.4 Å². The van der Waals surface area contributed by atoms with Gasteiger partial charge in [-0.1, -0.05) is 17.7 Å². The number of nitrogens with one attached hydrogen (secondary N) is 1. The zero-order valence-corrected chi connectivity index (χ0v) is 15.5. The van der Waals surface area contributed by atoms with Gasteiger partial charge < -0.3 is 19.9 Å². The van der Waals surface area contributed by atoms with Crippen LogP contribution in [0.1, 0.15) is 10.4 Å². The Morgan fingerprint density at radius 1 is 1.22 bits per heavy atom. The van der Waals surface area contributed by atoms with Gasteiger partial charge in [0.25, 0.3) is 5.91 Å². The van der Waals surface area contributed by atoms with E-state index in [0.29, 0.717) is 37.6 Å². The third-order valence-corrected chi connectivity index (χ3v) is 4.76. The smallest absolute Gasteiger partial charge is 0.260 e. The molecule has 8 heteroatoms. The lowest BCUT2D eigenvalue weighted by Gasteiger charge is -2.34. The maximum atomic E-state index is 14.0. The van der Waals surface area contributed by atoms with Crippen LogP contribution in [0.2, 0.25) is 5.02 Å². The van der Waals surface area contributed by atoms with E-state index in [1.807, 2.05) is 6.07 Å². The molecule has 1 aliphatic rings. The highest BCUT2D eigenvalue weighted by atomic mass is 35.5. The Balaban J connectivity index is 1.84. The van der Waals surface area contributed by atoms with Gasteiger partial charge >= 0.3 is 0 Å². The van der Waals surface area contributed by atoms with Crippen molar-refractivity contribution in [3.05, 3.63) is 52.8 Å². The summed E-state index contributed by atoms with van der Waals surface area (Å²) in [5, 5.41) is 2.71. The van der Waals surface area contributed by atoms with Gasteiger partial charge in [-0.2, -0.15) is 0 Å². The second-order valence-corrected chi connectivity index (χ2v) is 6.47. The number of hydrogen-bond donors (Lipinski definition) is 1. The molecule has 0 aliphatic carbocycles. The van der Waals surface area contributed by atoms with Gasteiger partial charge in [-0.15, -0.1) is 0 Å². The number of rotatable bonds is 5. The molecular weight excluding hydrogens is 373 g/mol. The highest BCUT2D eigenvalue weighted by Gasteiger charge is 2.20. The maximum absolute atomic E-state index is 14.0. The molecule has 0 spiro atoms. The first-order valence-corrected chi connectivity index (χ1v) is 8.79. The largest absolute Gasteiger partial charge is 0.495 e. The van der Waals surface area contributed by atoms with Crippen molar-refractivity contribution >= 4 is 35.3 Å². The van der Waals surface area contributed by atoms with Crippen LogP contribution < -0.4 is 15.0 Å². The Kier molecular flexibility index (Phi) is 5.81. The Bertz CT molecular complexity index is 834. The van der Waals surface area contributed by atoms with Crippen molar-refractivity contribution in [1.82, 2.24) is 4.90 Å². The number of methoxy groups -OCH3 is 1. The average molecular weight is 392 g/mol. The zero-order valence-electron chi connectivity index (χ0n) is 14.7. The molecular formula is C19H19ClFN3O3. The molecule has 0 aromatic heterocycles. The molecule has 1 aliphatic heterocycles. The van der Waals surface area contributed by atoms with Gasteiger partial charge in [0.1, 0.15) is 11.6 Å². The SMILES string of the molecule is COc1ccc(N2CCN(C=O)CC2)cc1NC(=O)c1c(F)cccc1Cl. The Labute approximate surface area is 161 Å². The minimum atomic E-state index is -0.694. The molecule has 6 nitrogen and oxygen atoms in total. The van der Waals surface area contributed by atoms with Crippen LogP contribution in [0, 0.1) is 5.82 Å². The Morgan fingerprint density at radius 2 is 1.96 bits per heavy atom. The first-order valence-electron chi connectivity index (χ1n) is 8.41. The van der Waals surface area contributed by atoms with E-state index in [4.69, 9.17) is 16.3 Å². The number of piperazine rings is 1. The van der Waals surface area contributed by atoms with E-state index in [2.05, 4.69) is 10.2 Å². The minimum absolute atomic E-state index is 0.0348.